The minimum absolute atomic E-state index is 0. The number of imidazole rings is 1. The van der Waals surface area contributed by atoms with E-state index >= 15 is 0 Å². The molecular weight excluding hydrogens is 399 g/mol. The molecule has 3 rings (SSSR count). The Kier molecular flexibility index (Phi) is 9.44. The number of carbonyl (C=O) groups excluding carboxylic acids is 1. The van der Waals surface area contributed by atoms with Crippen molar-refractivity contribution in [2.45, 2.75) is 44.8 Å². The summed E-state index contributed by atoms with van der Waals surface area (Å²) in [6.07, 6.45) is 5.19. The minimum atomic E-state index is -0.740. The van der Waals surface area contributed by atoms with Gasteiger partial charge < -0.3 is 19.9 Å². The van der Waals surface area contributed by atoms with Crippen molar-refractivity contribution in [3.8, 4) is 0 Å². The van der Waals surface area contributed by atoms with Gasteiger partial charge in [0, 0.05) is 37.7 Å². The second-order valence-electron chi connectivity index (χ2n) is 7.17. The van der Waals surface area contributed by atoms with Gasteiger partial charge in [0.1, 0.15) is 11.4 Å². The molecule has 8 heteroatoms. The zero-order chi connectivity index (χ0) is 18.6. The lowest BCUT2D eigenvalue weighted by molar-refractivity contribution is -0.140. The van der Waals surface area contributed by atoms with Crippen LogP contribution in [0, 0.1) is 0 Å². The molecular formula is C20H30Cl2N4O2. The quantitative estimate of drug-likeness (QED) is 0.736. The van der Waals surface area contributed by atoms with Gasteiger partial charge in [0.15, 0.2) is 0 Å². The number of anilines is 1. The summed E-state index contributed by atoms with van der Waals surface area (Å²) in [5.41, 5.74) is 1.18. The fraction of sp³-hybridized carbons (Fsp3) is 0.500. The Morgan fingerprint density at radius 1 is 1.32 bits per heavy atom. The Morgan fingerprint density at radius 3 is 2.68 bits per heavy atom. The molecule has 2 heterocycles. The second kappa shape index (κ2) is 10.8. The Bertz CT molecular complexity index is 758. The third kappa shape index (κ3) is 5.47. The van der Waals surface area contributed by atoms with Crippen molar-refractivity contribution in [2.75, 3.05) is 25.5 Å². The molecule has 2 N–H and O–H groups in total. The number of rotatable bonds is 6. The van der Waals surface area contributed by atoms with Crippen molar-refractivity contribution in [3.05, 3.63) is 48.0 Å². The van der Waals surface area contributed by atoms with Crippen molar-refractivity contribution < 1.29 is 9.53 Å². The molecule has 2 aromatic rings. The van der Waals surface area contributed by atoms with E-state index in [1.807, 2.05) is 30.6 Å². The monoisotopic (exact) mass is 428 g/mol. The molecule has 0 bridgehead atoms. The van der Waals surface area contributed by atoms with E-state index in [0.717, 1.165) is 36.7 Å². The molecule has 1 saturated heterocycles. The van der Waals surface area contributed by atoms with Gasteiger partial charge in [-0.2, -0.15) is 0 Å². The second-order valence-corrected chi connectivity index (χ2v) is 7.17. The van der Waals surface area contributed by atoms with E-state index in [1.165, 1.54) is 0 Å². The lowest BCUT2D eigenvalue weighted by atomic mass is 9.91. The molecule has 0 aliphatic carbocycles. The molecule has 0 radical (unpaired) electrons. The van der Waals surface area contributed by atoms with Crippen LogP contribution in [0.15, 0.2) is 36.7 Å². The number of halogens is 2. The van der Waals surface area contributed by atoms with E-state index in [9.17, 15) is 4.79 Å². The molecule has 28 heavy (non-hydrogen) atoms. The molecule has 1 aromatic heterocycles. The first-order valence-corrected chi connectivity index (χ1v) is 9.21. The van der Waals surface area contributed by atoms with Crippen LogP contribution >= 0.6 is 24.8 Å². The lowest BCUT2D eigenvalue weighted by Gasteiger charge is -2.34. The molecule has 0 unspecified atom stereocenters. The van der Waals surface area contributed by atoms with E-state index in [1.54, 1.807) is 7.11 Å². The summed E-state index contributed by atoms with van der Waals surface area (Å²) in [6.45, 7) is 6.59. The van der Waals surface area contributed by atoms with Gasteiger partial charge in [0.05, 0.1) is 0 Å². The van der Waals surface area contributed by atoms with Gasteiger partial charge >= 0.3 is 0 Å². The van der Waals surface area contributed by atoms with Crippen LogP contribution in [0.5, 0.6) is 0 Å². The molecule has 156 valence electrons. The summed E-state index contributed by atoms with van der Waals surface area (Å²) < 4.78 is 7.75. The highest BCUT2D eigenvalue weighted by molar-refractivity contribution is 5.97. The van der Waals surface area contributed by atoms with Crippen molar-refractivity contribution in [2.24, 2.45) is 0 Å². The number of amides is 1. The normalized spacial score (nSPS) is 15.4. The SMILES string of the molecule is COC1(C(=O)Nc2cccc(Cn3ccnc3C(C)C)c2)CCNCC1.Cl.Cl. The summed E-state index contributed by atoms with van der Waals surface area (Å²) in [6, 6.07) is 7.98. The molecule has 1 aromatic carbocycles. The number of carbonyl (C=O) groups is 1. The van der Waals surface area contributed by atoms with E-state index in [0.29, 0.717) is 18.8 Å². The number of hydrogen-bond acceptors (Lipinski definition) is 4. The largest absolute Gasteiger partial charge is 0.368 e. The third-order valence-electron chi connectivity index (χ3n) is 5.02. The molecule has 0 atom stereocenters. The summed E-state index contributed by atoms with van der Waals surface area (Å²) in [7, 11) is 1.62. The van der Waals surface area contributed by atoms with E-state index in [4.69, 9.17) is 4.74 Å². The van der Waals surface area contributed by atoms with E-state index in [2.05, 4.69) is 40.1 Å². The molecule has 6 nitrogen and oxygen atoms in total. The predicted octanol–water partition coefficient (Wildman–Crippen LogP) is 3.61. The lowest BCUT2D eigenvalue weighted by Crippen LogP contribution is -2.51. The van der Waals surface area contributed by atoms with Crippen LogP contribution in [0.2, 0.25) is 0 Å². The maximum atomic E-state index is 12.8. The molecule has 0 saturated carbocycles. The maximum absolute atomic E-state index is 12.8. The van der Waals surface area contributed by atoms with Gasteiger partial charge in [-0.15, -0.1) is 24.8 Å². The van der Waals surface area contributed by atoms with Gasteiger partial charge in [-0.25, -0.2) is 4.98 Å². The third-order valence-corrected chi connectivity index (χ3v) is 5.02. The average molecular weight is 429 g/mol. The van der Waals surface area contributed by atoms with Gasteiger partial charge in [-0.3, -0.25) is 4.79 Å². The maximum Gasteiger partial charge on any atom is 0.256 e. The van der Waals surface area contributed by atoms with Gasteiger partial charge in [-0.05, 0) is 43.6 Å². The van der Waals surface area contributed by atoms with Crippen molar-refractivity contribution >= 4 is 36.4 Å². The standard InChI is InChI=1S/C20H28N4O2.2ClH/c1-15(2)18-22-11-12-24(18)14-16-5-4-6-17(13-16)23-19(25)20(26-3)7-9-21-10-8-20;;/h4-6,11-13,15,21H,7-10,14H2,1-3H3,(H,23,25);2*1H. The highest BCUT2D eigenvalue weighted by Gasteiger charge is 2.39. The Labute approximate surface area is 179 Å². The minimum Gasteiger partial charge on any atom is -0.368 e. The number of nitrogens with one attached hydrogen (secondary N) is 2. The zero-order valence-corrected chi connectivity index (χ0v) is 18.2. The highest BCUT2D eigenvalue weighted by atomic mass is 35.5. The van der Waals surface area contributed by atoms with Crippen LogP contribution in [-0.2, 0) is 16.1 Å². The van der Waals surface area contributed by atoms with Crippen LogP contribution in [0.25, 0.3) is 0 Å². The Hall–Kier alpha value is -1.60. The van der Waals surface area contributed by atoms with E-state index in [-0.39, 0.29) is 30.7 Å². The van der Waals surface area contributed by atoms with Gasteiger partial charge in [-0.1, -0.05) is 26.0 Å². The van der Waals surface area contributed by atoms with Gasteiger partial charge in [0.2, 0.25) is 0 Å². The summed E-state index contributed by atoms with van der Waals surface area (Å²) in [5, 5.41) is 6.32. The topological polar surface area (TPSA) is 68.2 Å². The Balaban J connectivity index is 0.00000196. The molecule has 1 aliphatic rings. The summed E-state index contributed by atoms with van der Waals surface area (Å²) in [5.74, 6) is 1.37. The number of ether oxygens (including phenoxy) is 1. The van der Waals surface area contributed by atoms with Crippen molar-refractivity contribution in [1.29, 1.82) is 0 Å². The molecule has 1 aliphatic heterocycles. The highest BCUT2D eigenvalue weighted by Crippen LogP contribution is 2.25. The van der Waals surface area contributed by atoms with Crippen LogP contribution in [0.1, 0.15) is 44.0 Å². The number of benzene rings is 1. The summed E-state index contributed by atoms with van der Waals surface area (Å²) in [4.78, 5) is 17.2. The fourth-order valence-electron chi connectivity index (χ4n) is 3.50. The molecule has 1 amide bonds. The number of methoxy groups -OCH3 is 1. The predicted molar refractivity (Wildman–Crippen MR) is 117 cm³/mol. The van der Waals surface area contributed by atoms with Crippen molar-refractivity contribution in [1.82, 2.24) is 14.9 Å². The van der Waals surface area contributed by atoms with Crippen LogP contribution in [-0.4, -0.2) is 41.3 Å². The van der Waals surface area contributed by atoms with Crippen molar-refractivity contribution in [3.63, 3.8) is 0 Å². The van der Waals surface area contributed by atoms with Crippen LogP contribution < -0.4 is 10.6 Å². The Morgan fingerprint density at radius 2 is 2.04 bits per heavy atom. The van der Waals surface area contributed by atoms with E-state index < -0.39 is 5.60 Å². The number of nitrogens with zero attached hydrogens (tertiary/aromatic N) is 2. The number of hydrogen-bond donors (Lipinski definition) is 2. The number of piperidine rings is 1. The van der Waals surface area contributed by atoms with Gasteiger partial charge in [0.25, 0.3) is 5.91 Å². The van der Waals surface area contributed by atoms with Crippen LogP contribution in [0.3, 0.4) is 0 Å². The number of aromatic nitrogens is 2. The molecule has 0 spiro atoms. The fourth-order valence-corrected chi connectivity index (χ4v) is 3.50. The summed E-state index contributed by atoms with van der Waals surface area (Å²) >= 11 is 0. The van der Waals surface area contributed by atoms with Crippen LogP contribution in [0.4, 0.5) is 5.69 Å². The first-order chi connectivity index (χ1) is 12.5. The molecule has 1 fully saturated rings. The first-order valence-electron chi connectivity index (χ1n) is 9.21. The zero-order valence-electron chi connectivity index (χ0n) is 16.6. The average Bonchev–Trinajstić information content (AvgIpc) is 3.11. The smallest absolute Gasteiger partial charge is 0.256 e. The first kappa shape index (κ1) is 24.4.